The fraction of sp³-hybridized carbons (Fsp3) is 0.667. The number of nitrogens with zero attached hydrogens (tertiary/aromatic N) is 3. The van der Waals surface area contributed by atoms with Crippen LogP contribution in [0.3, 0.4) is 0 Å². The molecule has 1 spiro atoms. The number of piperidine rings is 1. The van der Waals surface area contributed by atoms with Crippen LogP contribution in [0.1, 0.15) is 49.8 Å². The highest BCUT2D eigenvalue weighted by Gasteiger charge is 2.43. The molecule has 2 aliphatic carbocycles. The van der Waals surface area contributed by atoms with Gasteiger partial charge in [0.25, 0.3) is 0 Å². The van der Waals surface area contributed by atoms with Gasteiger partial charge >= 0.3 is 0 Å². The first-order valence-electron chi connectivity index (χ1n) is 9.35. The third kappa shape index (κ3) is 2.16. The van der Waals surface area contributed by atoms with Crippen LogP contribution >= 0.6 is 0 Å². The Bertz CT molecular complexity index is 760. The van der Waals surface area contributed by atoms with Crippen molar-refractivity contribution in [2.75, 3.05) is 18.4 Å². The first-order valence-corrected chi connectivity index (χ1v) is 9.35. The lowest BCUT2D eigenvalue weighted by atomic mass is 9.77. The Morgan fingerprint density at radius 2 is 2.12 bits per heavy atom. The van der Waals surface area contributed by atoms with Crippen molar-refractivity contribution in [2.24, 2.45) is 5.73 Å². The average molecular weight is 326 g/mol. The van der Waals surface area contributed by atoms with Gasteiger partial charge in [0.15, 0.2) is 5.65 Å². The molecule has 2 fully saturated rings. The molecule has 0 amide bonds. The van der Waals surface area contributed by atoms with Crippen molar-refractivity contribution in [1.29, 1.82) is 0 Å². The second-order valence-corrected chi connectivity index (χ2v) is 7.83. The molecule has 0 aromatic carbocycles. The molecule has 2 aromatic rings. The molecule has 128 valence electrons. The summed E-state index contributed by atoms with van der Waals surface area (Å²) in [6, 6.07) is 2.82. The molecule has 0 bridgehead atoms. The van der Waals surface area contributed by atoms with Crippen LogP contribution in [0.15, 0.2) is 12.3 Å². The van der Waals surface area contributed by atoms with E-state index in [9.17, 15) is 0 Å². The number of nitrogens with one attached hydrogen (secondary N) is 2. The minimum atomic E-state index is 0.273. The molecular formula is C18H26N6. The van der Waals surface area contributed by atoms with Crippen LogP contribution in [0.4, 0.5) is 5.82 Å². The van der Waals surface area contributed by atoms with Crippen LogP contribution in [0.25, 0.3) is 5.65 Å². The Morgan fingerprint density at radius 1 is 1.25 bits per heavy atom. The van der Waals surface area contributed by atoms with Gasteiger partial charge in [-0.05, 0) is 58.0 Å². The highest BCUT2D eigenvalue weighted by atomic mass is 15.3. The van der Waals surface area contributed by atoms with Gasteiger partial charge in [0, 0.05) is 29.1 Å². The average Bonchev–Trinajstić information content (AvgIpc) is 3.29. The van der Waals surface area contributed by atoms with Crippen molar-refractivity contribution in [1.82, 2.24) is 19.9 Å². The standard InChI is InChI=1S/C18H26N6/c19-12-1-2-13(11-12)22-17-14-3-5-18(6-9-20-10-7-18)16(14)23-15-4-8-21-24(15)17/h4,8,12-13,20,22H,1-3,5-7,9-11,19H2/t12-,13-/m0/s1. The third-order valence-electron chi connectivity index (χ3n) is 6.36. The summed E-state index contributed by atoms with van der Waals surface area (Å²) < 4.78 is 2.00. The number of aromatic nitrogens is 3. The van der Waals surface area contributed by atoms with Crippen LogP contribution in [0.5, 0.6) is 0 Å². The van der Waals surface area contributed by atoms with E-state index in [0.29, 0.717) is 12.1 Å². The molecule has 5 rings (SSSR count). The van der Waals surface area contributed by atoms with Gasteiger partial charge in [0.1, 0.15) is 5.82 Å². The predicted octanol–water partition coefficient (Wildman–Crippen LogP) is 1.59. The van der Waals surface area contributed by atoms with E-state index in [1.54, 1.807) is 0 Å². The van der Waals surface area contributed by atoms with Gasteiger partial charge in [-0.3, -0.25) is 0 Å². The first-order chi connectivity index (χ1) is 11.8. The maximum atomic E-state index is 6.11. The molecule has 4 N–H and O–H groups in total. The SMILES string of the molecule is N[C@H]1CC[C@H](Nc2c3c(nc4ccnn24)C2(CCNCC2)CC3)C1. The minimum absolute atomic E-state index is 0.273. The predicted molar refractivity (Wildman–Crippen MR) is 94.3 cm³/mol. The molecular weight excluding hydrogens is 300 g/mol. The highest BCUT2D eigenvalue weighted by Crippen LogP contribution is 2.46. The first kappa shape index (κ1) is 14.7. The van der Waals surface area contributed by atoms with Gasteiger partial charge in [0.05, 0.1) is 11.9 Å². The quantitative estimate of drug-likeness (QED) is 0.781. The Labute approximate surface area is 142 Å². The maximum Gasteiger partial charge on any atom is 0.157 e. The normalized spacial score (nSPS) is 28.5. The molecule has 2 aromatic heterocycles. The summed E-state index contributed by atoms with van der Waals surface area (Å²) in [7, 11) is 0. The van der Waals surface area contributed by atoms with Gasteiger partial charge in [-0.25, -0.2) is 4.98 Å². The Morgan fingerprint density at radius 3 is 2.92 bits per heavy atom. The fourth-order valence-corrected chi connectivity index (χ4v) is 5.01. The van der Waals surface area contributed by atoms with Crippen molar-refractivity contribution >= 4 is 11.5 Å². The fourth-order valence-electron chi connectivity index (χ4n) is 5.01. The van der Waals surface area contributed by atoms with Gasteiger partial charge in [-0.2, -0.15) is 9.61 Å². The number of hydrogen-bond donors (Lipinski definition) is 3. The van der Waals surface area contributed by atoms with Gasteiger partial charge in [-0.15, -0.1) is 0 Å². The molecule has 0 radical (unpaired) electrons. The number of rotatable bonds is 2. The molecule has 1 aliphatic heterocycles. The van der Waals surface area contributed by atoms with E-state index in [1.165, 1.54) is 36.3 Å². The van der Waals surface area contributed by atoms with Crippen molar-refractivity contribution < 1.29 is 0 Å². The summed E-state index contributed by atoms with van der Waals surface area (Å²) in [6.45, 7) is 2.21. The van der Waals surface area contributed by atoms with E-state index in [2.05, 4.69) is 15.7 Å². The number of fused-ring (bicyclic) bond motifs is 3. The maximum absolute atomic E-state index is 6.11. The summed E-state index contributed by atoms with van der Waals surface area (Å²) in [5, 5.41) is 11.8. The highest BCUT2D eigenvalue weighted by molar-refractivity contribution is 5.59. The van der Waals surface area contributed by atoms with E-state index >= 15 is 0 Å². The van der Waals surface area contributed by atoms with Crippen LogP contribution in [-0.2, 0) is 11.8 Å². The Balaban J connectivity index is 1.60. The van der Waals surface area contributed by atoms with E-state index in [-0.39, 0.29) is 5.41 Å². The second kappa shape index (κ2) is 5.43. The van der Waals surface area contributed by atoms with E-state index in [1.807, 2.05) is 16.8 Å². The number of anilines is 1. The summed E-state index contributed by atoms with van der Waals surface area (Å²) in [4.78, 5) is 5.05. The summed E-state index contributed by atoms with van der Waals surface area (Å²) in [5.74, 6) is 1.18. The molecule has 6 heteroatoms. The molecule has 3 heterocycles. The lowest BCUT2D eigenvalue weighted by Crippen LogP contribution is -2.39. The monoisotopic (exact) mass is 326 g/mol. The lowest BCUT2D eigenvalue weighted by molar-refractivity contribution is 0.301. The van der Waals surface area contributed by atoms with Crippen LogP contribution in [-0.4, -0.2) is 39.8 Å². The molecule has 6 nitrogen and oxygen atoms in total. The van der Waals surface area contributed by atoms with Crippen molar-refractivity contribution in [3.63, 3.8) is 0 Å². The van der Waals surface area contributed by atoms with Crippen molar-refractivity contribution in [3.8, 4) is 0 Å². The number of hydrogen-bond acceptors (Lipinski definition) is 5. The van der Waals surface area contributed by atoms with Crippen molar-refractivity contribution in [2.45, 2.75) is 62.4 Å². The smallest absolute Gasteiger partial charge is 0.157 e. The minimum Gasteiger partial charge on any atom is -0.367 e. The van der Waals surface area contributed by atoms with Gasteiger partial charge in [-0.1, -0.05) is 0 Å². The molecule has 0 unspecified atom stereocenters. The van der Waals surface area contributed by atoms with Crippen LogP contribution < -0.4 is 16.4 Å². The summed E-state index contributed by atoms with van der Waals surface area (Å²) in [6.07, 6.45) is 9.91. The Hall–Kier alpha value is -1.66. The summed E-state index contributed by atoms with van der Waals surface area (Å²) in [5.41, 5.74) is 10.1. The van der Waals surface area contributed by atoms with Gasteiger partial charge < -0.3 is 16.4 Å². The topological polar surface area (TPSA) is 80.3 Å². The lowest BCUT2D eigenvalue weighted by Gasteiger charge is -2.34. The largest absolute Gasteiger partial charge is 0.367 e. The van der Waals surface area contributed by atoms with Crippen molar-refractivity contribution in [3.05, 3.63) is 23.5 Å². The van der Waals surface area contributed by atoms with E-state index < -0.39 is 0 Å². The second-order valence-electron chi connectivity index (χ2n) is 7.83. The molecule has 24 heavy (non-hydrogen) atoms. The Kier molecular flexibility index (Phi) is 3.31. The van der Waals surface area contributed by atoms with E-state index in [0.717, 1.165) is 44.4 Å². The zero-order chi connectivity index (χ0) is 16.1. The number of nitrogens with two attached hydrogens (primary N) is 1. The van der Waals surface area contributed by atoms with Crippen LogP contribution in [0.2, 0.25) is 0 Å². The zero-order valence-electron chi connectivity index (χ0n) is 14.1. The molecule has 3 aliphatic rings. The zero-order valence-corrected chi connectivity index (χ0v) is 14.1. The van der Waals surface area contributed by atoms with E-state index in [4.69, 9.17) is 10.7 Å². The van der Waals surface area contributed by atoms with Gasteiger partial charge in [0.2, 0.25) is 0 Å². The van der Waals surface area contributed by atoms with Crippen LogP contribution in [0, 0.1) is 0 Å². The molecule has 1 saturated carbocycles. The summed E-state index contributed by atoms with van der Waals surface area (Å²) >= 11 is 0. The third-order valence-corrected chi connectivity index (χ3v) is 6.36. The molecule has 1 saturated heterocycles. The molecule has 2 atom stereocenters.